The number of nitrogens with two attached hydrogens (primary N) is 1. The van der Waals surface area contributed by atoms with E-state index in [1.165, 1.54) is 11.3 Å². The monoisotopic (exact) mass is 474 g/mol. The normalized spacial score (nSPS) is 17.8. The molecule has 1 atom stereocenters. The van der Waals surface area contributed by atoms with Gasteiger partial charge in [0.25, 0.3) is 0 Å². The number of rotatable bonds is 4. The van der Waals surface area contributed by atoms with Crippen LogP contribution in [0.5, 0.6) is 0 Å². The fraction of sp³-hybridized carbons (Fsp3) is 0.438. The molecule has 0 aromatic carbocycles. The van der Waals surface area contributed by atoms with Crippen molar-refractivity contribution >= 4 is 47.2 Å². The highest BCUT2D eigenvalue weighted by Crippen LogP contribution is 2.25. The summed E-state index contributed by atoms with van der Waals surface area (Å²) in [6.45, 7) is 5.12. The molecule has 0 bridgehead atoms. The lowest BCUT2D eigenvalue weighted by molar-refractivity contribution is 0.0709. The van der Waals surface area contributed by atoms with Crippen LogP contribution < -0.4 is 10.6 Å². The first-order chi connectivity index (χ1) is 11.6. The average molecular weight is 474 g/mol. The third-order valence-electron chi connectivity index (χ3n) is 4.04. The van der Waals surface area contributed by atoms with Crippen molar-refractivity contribution in [2.75, 3.05) is 37.6 Å². The molecule has 1 fully saturated rings. The highest BCUT2D eigenvalue weighted by Gasteiger charge is 2.25. The maximum Gasteiger partial charge on any atom is 0.225 e. The summed E-state index contributed by atoms with van der Waals surface area (Å²) in [5, 5.41) is 12.5. The number of halogens is 1. The van der Waals surface area contributed by atoms with Crippen molar-refractivity contribution in [3.63, 3.8) is 0 Å². The Bertz CT molecular complexity index is 671. The van der Waals surface area contributed by atoms with E-state index < -0.39 is 5.60 Å². The van der Waals surface area contributed by atoms with Crippen LogP contribution in [0, 0.1) is 0 Å². The first kappa shape index (κ1) is 19.9. The summed E-state index contributed by atoms with van der Waals surface area (Å²) in [6.07, 6.45) is 3.49. The van der Waals surface area contributed by atoms with E-state index in [0.29, 0.717) is 5.96 Å². The van der Waals surface area contributed by atoms with Crippen LogP contribution in [0.2, 0.25) is 0 Å². The van der Waals surface area contributed by atoms with Crippen LogP contribution >= 0.6 is 35.3 Å². The Balaban J connectivity index is 0.00000225. The number of piperazine rings is 1. The minimum atomic E-state index is -0.988. The number of nitrogens with zero attached hydrogens (tertiary/aromatic N) is 5. The second-order valence-electron chi connectivity index (χ2n) is 5.95. The smallest absolute Gasteiger partial charge is 0.225 e. The van der Waals surface area contributed by atoms with Gasteiger partial charge in [0.2, 0.25) is 5.95 Å². The zero-order valence-electron chi connectivity index (χ0n) is 14.1. The number of guanidine groups is 1. The molecule has 9 heteroatoms. The molecule has 3 rings (SSSR count). The molecule has 2 aromatic heterocycles. The quantitative estimate of drug-likeness (QED) is 0.397. The Morgan fingerprint density at radius 3 is 2.56 bits per heavy atom. The van der Waals surface area contributed by atoms with E-state index in [4.69, 9.17) is 5.73 Å². The van der Waals surface area contributed by atoms with Crippen molar-refractivity contribution in [1.82, 2.24) is 14.9 Å². The van der Waals surface area contributed by atoms with E-state index in [1.807, 2.05) is 28.5 Å². The van der Waals surface area contributed by atoms with E-state index in [0.717, 1.165) is 37.0 Å². The second kappa shape index (κ2) is 8.77. The molecule has 0 radical (unpaired) electrons. The minimum Gasteiger partial charge on any atom is -0.383 e. The Labute approximate surface area is 168 Å². The number of aromatic nitrogens is 2. The van der Waals surface area contributed by atoms with Gasteiger partial charge in [0.1, 0.15) is 5.60 Å². The summed E-state index contributed by atoms with van der Waals surface area (Å²) in [6, 6.07) is 5.64. The van der Waals surface area contributed by atoms with Crippen molar-refractivity contribution in [3.8, 4) is 0 Å². The van der Waals surface area contributed by atoms with Crippen molar-refractivity contribution in [3.05, 3.63) is 40.8 Å². The molecule has 1 unspecified atom stereocenters. The fourth-order valence-corrected chi connectivity index (χ4v) is 3.37. The van der Waals surface area contributed by atoms with Crippen LogP contribution in [0.25, 0.3) is 0 Å². The summed E-state index contributed by atoms with van der Waals surface area (Å²) in [5.74, 6) is 1.22. The zero-order chi connectivity index (χ0) is 17.0. The first-order valence-electron chi connectivity index (χ1n) is 7.89. The molecule has 3 N–H and O–H groups in total. The molecule has 136 valence electrons. The molecular weight excluding hydrogens is 451 g/mol. The van der Waals surface area contributed by atoms with Gasteiger partial charge in [-0.25, -0.2) is 15.0 Å². The maximum atomic E-state index is 10.5. The van der Waals surface area contributed by atoms with Crippen LogP contribution in [-0.2, 0) is 5.60 Å². The van der Waals surface area contributed by atoms with E-state index in [-0.39, 0.29) is 30.5 Å². The largest absolute Gasteiger partial charge is 0.383 e. The number of hydrogen-bond donors (Lipinski definition) is 2. The van der Waals surface area contributed by atoms with Gasteiger partial charge in [-0.05, 0) is 24.4 Å². The van der Waals surface area contributed by atoms with Gasteiger partial charge < -0.3 is 20.6 Å². The third kappa shape index (κ3) is 5.02. The van der Waals surface area contributed by atoms with Crippen molar-refractivity contribution in [2.45, 2.75) is 12.5 Å². The summed E-state index contributed by atoms with van der Waals surface area (Å²) in [5.41, 5.74) is 5.12. The SMILES string of the molecule is CC(O)(CN=C(N)N1CCN(c2ncccn2)CC1)c1cccs1.I. The summed E-state index contributed by atoms with van der Waals surface area (Å²) < 4.78 is 0. The predicted molar refractivity (Wildman–Crippen MR) is 112 cm³/mol. The topological polar surface area (TPSA) is 90.9 Å². The molecule has 3 heterocycles. The number of anilines is 1. The summed E-state index contributed by atoms with van der Waals surface area (Å²) in [4.78, 5) is 18.0. The average Bonchev–Trinajstić information content (AvgIpc) is 3.16. The Hall–Kier alpha value is -1.46. The second-order valence-corrected chi connectivity index (χ2v) is 6.90. The van der Waals surface area contributed by atoms with Crippen LogP contribution in [0.15, 0.2) is 41.0 Å². The molecule has 7 nitrogen and oxygen atoms in total. The van der Waals surface area contributed by atoms with Crippen molar-refractivity contribution < 1.29 is 5.11 Å². The lowest BCUT2D eigenvalue weighted by Crippen LogP contribution is -2.51. The summed E-state index contributed by atoms with van der Waals surface area (Å²) in [7, 11) is 0. The first-order valence-corrected chi connectivity index (χ1v) is 8.77. The summed E-state index contributed by atoms with van der Waals surface area (Å²) >= 11 is 1.52. The van der Waals surface area contributed by atoms with Crippen LogP contribution in [0.3, 0.4) is 0 Å². The molecule has 2 aromatic rings. The van der Waals surface area contributed by atoms with Crippen LogP contribution in [-0.4, -0.2) is 58.7 Å². The minimum absolute atomic E-state index is 0. The number of thiophene rings is 1. The standard InChI is InChI=1S/C16H22N6OS.HI/c1-16(23,13-4-2-11-24-13)12-20-14(17)21-7-9-22(10-8-21)15-18-5-3-6-19-15;/h2-6,11,23H,7-10,12H2,1H3,(H2,17,20);1H. The Morgan fingerprint density at radius 1 is 1.28 bits per heavy atom. The molecule has 1 saturated heterocycles. The Kier molecular flexibility index (Phi) is 6.96. The molecule has 0 saturated carbocycles. The molecule has 1 aliphatic rings. The van der Waals surface area contributed by atoms with Crippen molar-refractivity contribution in [1.29, 1.82) is 0 Å². The molecule has 0 amide bonds. The van der Waals surface area contributed by atoms with Crippen molar-refractivity contribution in [2.24, 2.45) is 10.7 Å². The van der Waals surface area contributed by atoms with Gasteiger partial charge in [-0.1, -0.05) is 6.07 Å². The molecule has 25 heavy (non-hydrogen) atoms. The van der Waals surface area contributed by atoms with Crippen LogP contribution in [0.4, 0.5) is 5.95 Å². The maximum absolute atomic E-state index is 10.5. The lowest BCUT2D eigenvalue weighted by atomic mass is 10.1. The molecule has 0 spiro atoms. The van der Waals surface area contributed by atoms with E-state index >= 15 is 0 Å². The number of aliphatic hydroxyl groups is 1. The predicted octanol–water partition coefficient (Wildman–Crippen LogP) is 1.50. The fourth-order valence-electron chi connectivity index (χ4n) is 2.59. The highest BCUT2D eigenvalue weighted by molar-refractivity contribution is 14.0. The van der Waals surface area contributed by atoms with Crippen LogP contribution in [0.1, 0.15) is 11.8 Å². The van der Waals surface area contributed by atoms with Gasteiger partial charge in [0.15, 0.2) is 5.96 Å². The van der Waals surface area contributed by atoms with E-state index in [1.54, 1.807) is 19.3 Å². The number of aliphatic imine (C=N–C) groups is 1. The molecular formula is C16H23IN6OS. The van der Waals surface area contributed by atoms with Gasteiger partial charge in [0, 0.05) is 43.4 Å². The third-order valence-corrected chi connectivity index (χ3v) is 5.16. The molecule has 0 aliphatic carbocycles. The van der Waals surface area contributed by atoms with Gasteiger partial charge in [0.05, 0.1) is 6.54 Å². The van der Waals surface area contributed by atoms with Gasteiger partial charge in [-0.15, -0.1) is 35.3 Å². The van der Waals surface area contributed by atoms with Gasteiger partial charge in [-0.2, -0.15) is 0 Å². The number of hydrogen-bond acceptors (Lipinski definition) is 6. The van der Waals surface area contributed by atoms with E-state index in [2.05, 4.69) is 19.9 Å². The Morgan fingerprint density at radius 2 is 1.96 bits per heavy atom. The zero-order valence-corrected chi connectivity index (χ0v) is 17.2. The molecule has 1 aliphatic heterocycles. The van der Waals surface area contributed by atoms with Gasteiger partial charge >= 0.3 is 0 Å². The lowest BCUT2D eigenvalue weighted by Gasteiger charge is -2.35. The highest BCUT2D eigenvalue weighted by atomic mass is 127. The van der Waals surface area contributed by atoms with E-state index in [9.17, 15) is 5.11 Å². The van der Waals surface area contributed by atoms with Gasteiger partial charge in [-0.3, -0.25) is 0 Å².